The van der Waals surface area contributed by atoms with Crippen molar-refractivity contribution in [2.75, 3.05) is 24.9 Å². The van der Waals surface area contributed by atoms with Crippen LogP contribution in [-0.2, 0) is 4.79 Å². The van der Waals surface area contributed by atoms with Crippen molar-refractivity contribution in [3.8, 4) is 11.5 Å². The Bertz CT molecular complexity index is 1040. The number of rotatable bonds is 7. The lowest BCUT2D eigenvalue weighted by Crippen LogP contribution is -2.39. The number of aryl methyl sites for hydroxylation is 1. The third-order valence-electron chi connectivity index (χ3n) is 4.64. The van der Waals surface area contributed by atoms with Gasteiger partial charge in [-0.25, -0.2) is 0 Å². The Morgan fingerprint density at radius 1 is 0.903 bits per heavy atom. The fourth-order valence-electron chi connectivity index (χ4n) is 3.00. The highest BCUT2D eigenvalue weighted by Gasteiger charge is 2.22. The largest absolute Gasteiger partial charge is 0.497 e. The second kappa shape index (κ2) is 10.4. The Morgan fingerprint density at radius 2 is 1.61 bits per heavy atom. The van der Waals surface area contributed by atoms with E-state index < -0.39 is 6.04 Å². The number of hydrogen-bond acceptors (Lipinski definition) is 4. The molecular formula is C24H25N3O3S. The lowest BCUT2D eigenvalue weighted by Gasteiger charge is -2.22. The van der Waals surface area contributed by atoms with Crippen LogP contribution >= 0.6 is 12.2 Å². The van der Waals surface area contributed by atoms with Crippen molar-refractivity contribution in [3.63, 3.8) is 0 Å². The van der Waals surface area contributed by atoms with Crippen LogP contribution in [0.5, 0.6) is 11.5 Å². The topological polar surface area (TPSA) is 71.6 Å². The minimum atomic E-state index is -0.695. The van der Waals surface area contributed by atoms with E-state index in [0.717, 1.165) is 11.1 Å². The number of carbonyl (C=O) groups is 1. The van der Waals surface area contributed by atoms with Crippen LogP contribution in [0.25, 0.3) is 0 Å². The van der Waals surface area contributed by atoms with Crippen molar-refractivity contribution >= 4 is 34.6 Å². The summed E-state index contributed by atoms with van der Waals surface area (Å²) in [5.74, 6) is 1.03. The number of anilines is 2. The fourth-order valence-corrected chi connectivity index (χ4v) is 3.23. The zero-order valence-electron chi connectivity index (χ0n) is 17.6. The Kier molecular flexibility index (Phi) is 7.45. The molecule has 3 aromatic rings. The van der Waals surface area contributed by atoms with Crippen molar-refractivity contribution in [1.82, 2.24) is 5.32 Å². The van der Waals surface area contributed by atoms with Gasteiger partial charge in [0.25, 0.3) is 5.91 Å². The summed E-state index contributed by atoms with van der Waals surface area (Å²) in [5.41, 5.74) is 3.25. The molecule has 0 fully saturated rings. The molecule has 31 heavy (non-hydrogen) atoms. The van der Waals surface area contributed by atoms with Crippen molar-refractivity contribution in [2.45, 2.75) is 13.0 Å². The zero-order valence-corrected chi connectivity index (χ0v) is 18.5. The van der Waals surface area contributed by atoms with E-state index in [1.807, 2.05) is 61.5 Å². The lowest BCUT2D eigenvalue weighted by atomic mass is 10.1. The van der Waals surface area contributed by atoms with Crippen LogP contribution < -0.4 is 25.4 Å². The number of amides is 1. The van der Waals surface area contributed by atoms with Crippen LogP contribution in [0, 0.1) is 6.92 Å². The number of hydrogen-bond donors (Lipinski definition) is 3. The summed E-state index contributed by atoms with van der Waals surface area (Å²) >= 11 is 5.50. The first-order valence-corrected chi connectivity index (χ1v) is 10.1. The van der Waals surface area contributed by atoms with Gasteiger partial charge in [-0.3, -0.25) is 4.79 Å². The first-order chi connectivity index (χ1) is 15.0. The molecule has 160 valence electrons. The second-order valence-corrected chi connectivity index (χ2v) is 7.27. The van der Waals surface area contributed by atoms with E-state index in [9.17, 15) is 4.79 Å². The second-order valence-electron chi connectivity index (χ2n) is 6.86. The third kappa shape index (κ3) is 5.96. The van der Waals surface area contributed by atoms with Gasteiger partial charge in [-0.15, -0.1) is 0 Å². The number of thiocarbonyl (C=S) groups is 1. The van der Waals surface area contributed by atoms with E-state index >= 15 is 0 Å². The highest BCUT2D eigenvalue weighted by Crippen LogP contribution is 2.29. The summed E-state index contributed by atoms with van der Waals surface area (Å²) in [5, 5.41) is 9.43. The monoisotopic (exact) mass is 435 g/mol. The summed E-state index contributed by atoms with van der Waals surface area (Å²) in [4.78, 5) is 13.1. The fraction of sp³-hybridized carbons (Fsp3) is 0.167. The van der Waals surface area contributed by atoms with Crippen molar-refractivity contribution in [3.05, 3.63) is 83.9 Å². The van der Waals surface area contributed by atoms with Gasteiger partial charge in [-0.2, -0.15) is 0 Å². The Hall–Kier alpha value is -3.58. The van der Waals surface area contributed by atoms with Crippen LogP contribution in [0.1, 0.15) is 17.2 Å². The van der Waals surface area contributed by atoms with Crippen LogP contribution in [0.3, 0.4) is 0 Å². The molecule has 0 aromatic heterocycles. The molecule has 0 bridgehead atoms. The van der Waals surface area contributed by atoms with E-state index in [2.05, 4.69) is 16.0 Å². The molecular weight excluding hydrogens is 410 g/mol. The maximum atomic E-state index is 13.1. The summed E-state index contributed by atoms with van der Waals surface area (Å²) < 4.78 is 10.7. The van der Waals surface area contributed by atoms with Crippen molar-refractivity contribution in [2.24, 2.45) is 0 Å². The minimum absolute atomic E-state index is 0.225. The minimum Gasteiger partial charge on any atom is -0.497 e. The van der Waals surface area contributed by atoms with E-state index in [-0.39, 0.29) is 11.0 Å². The predicted molar refractivity (Wildman–Crippen MR) is 128 cm³/mol. The standard InChI is InChI=1S/C24H25N3O3S/c1-16-9-11-18(12-10-16)25-23(28)22(17-7-5-4-6-8-17)27-24(31)26-20-15-19(29-2)13-14-21(20)30-3/h4-15,22H,1-3H3,(H,25,28)(H2,26,27,31). The molecule has 0 radical (unpaired) electrons. The van der Waals surface area contributed by atoms with Gasteiger partial charge < -0.3 is 25.4 Å². The van der Waals surface area contributed by atoms with Crippen LogP contribution in [0.2, 0.25) is 0 Å². The highest BCUT2D eigenvalue weighted by molar-refractivity contribution is 7.80. The number of carbonyl (C=O) groups excluding carboxylic acids is 1. The number of methoxy groups -OCH3 is 2. The maximum absolute atomic E-state index is 13.1. The molecule has 1 unspecified atom stereocenters. The third-order valence-corrected chi connectivity index (χ3v) is 4.86. The number of ether oxygens (including phenoxy) is 2. The van der Waals surface area contributed by atoms with Gasteiger partial charge >= 0.3 is 0 Å². The highest BCUT2D eigenvalue weighted by atomic mass is 32.1. The molecule has 0 aliphatic rings. The Labute approximate surface area is 187 Å². The smallest absolute Gasteiger partial charge is 0.251 e. The zero-order chi connectivity index (χ0) is 22.2. The molecule has 1 amide bonds. The molecule has 0 heterocycles. The summed E-state index contributed by atoms with van der Waals surface area (Å²) in [7, 11) is 3.16. The van der Waals surface area contributed by atoms with Crippen LogP contribution in [0.15, 0.2) is 72.8 Å². The van der Waals surface area contributed by atoms with Gasteiger partial charge in [0.05, 0.1) is 19.9 Å². The Morgan fingerprint density at radius 3 is 2.26 bits per heavy atom. The molecule has 0 aliphatic carbocycles. The van der Waals surface area contributed by atoms with Gasteiger partial charge in [0, 0.05) is 11.8 Å². The van der Waals surface area contributed by atoms with Gasteiger partial charge in [-0.1, -0.05) is 48.0 Å². The first kappa shape index (κ1) is 22.1. The number of nitrogens with one attached hydrogen (secondary N) is 3. The average molecular weight is 436 g/mol. The van der Waals surface area contributed by atoms with Crippen molar-refractivity contribution in [1.29, 1.82) is 0 Å². The van der Waals surface area contributed by atoms with E-state index in [1.165, 1.54) is 0 Å². The van der Waals surface area contributed by atoms with E-state index in [4.69, 9.17) is 21.7 Å². The van der Waals surface area contributed by atoms with Crippen LogP contribution in [0.4, 0.5) is 11.4 Å². The lowest BCUT2D eigenvalue weighted by molar-refractivity contribution is -0.117. The predicted octanol–water partition coefficient (Wildman–Crippen LogP) is 4.68. The number of benzene rings is 3. The molecule has 7 heteroatoms. The SMILES string of the molecule is COc1ccc(OC)c(NC(=S)NC(C(=O)Nc2ccc(C)cc2)c2ccccc2)c1. The molecule has 1 atom stereocenters. The molecule has 6 nitrogen and oxygen atoms in total. The first-order valence-electron chi connectivity index (χ1n) is 9.72. The van der Waals surface area contributed by atoms with Gasteiger partial charge in [0.1, 0.15) is 17.5 Å². The van der Waals surface area contributed by atoms with Gasteiger partial charge in [0.2, 0.25) is 0 Å². The average Bonchev–Trinajstić information content (AvgIpc) is 2.79. The quantitative estimate of drug-likeness (QED) is 0.468. The normalized spacial score (nSPS) is 11.2. The van der Waals surface area contributed by atoms with Gasteiger partial charge in [0.15, 0.2) is 5.11 Å². The summed E-state index contributed by atoms with van der Waals surface area (Å²) in [6.45, 7) is 2.00. The summed E-state index contributed by atoms with van der Waals surface area (Å²) in [6, 6.07) is 21.7. The summed E-state index contributed by atoms with van der Waals surface area (Å²) in [6.07, 6.45) is 0. The van der Waals surface area contributed by atoms with Gasteiger partial charge in [-0.05, 0) is 49.0 Å². The van der Waals surface area contributed by atoms with Crippen molar-refractivity contribution < 1.29 is 14.3 Å². The molecule has 3 aromatic carbocycles. The van der Waals surface area contributed by atoms with E-state index in [1.54, 1.807) is 32.4 Å². The molecule has 0 spiro atoms. The molecule has 3 N–H and O–H groups in total. The molecule has 0 aliphatic heterocycles. The Balaban J connectivity index is 1.79. The molecule has 3 rings (SSSR count). The molecule has 0 saturated heterocycles. The molecule has 0 saturated carbocycles. The van der Waals surface area contributed by atoms with E-state index in [0.29, 0.717) is 22.9 Å². The van der Waals surface area contributed by atoms with Crippen LogP contribution in [-0.4, -0.2) is 25.2 Å². The maximum Gasteiger partial charge on any atom is 0.251 e.